The summed E-state index contributed by atoms with van der Waals surface area (Å²) in [6, 6.07) is 14.9. The van der Waals surface area contributed by atoms with E-state index in [1.54, 1.807) is 0 Å². The first-order chi connectivity index (χ1) is 14.3. The van der Waals surface area contributed by atoms with Gasteiger partial charge in [0.05, 0.1) is 17.3 Å². The quantitative estimate of drug-likeness (QED) is 0.719. The van der Waals surface area contributed by atoms with Crippen molar-refractivity contribution in [2.45, 2.75) is 38.3 Å². The lowest BCUT2D eigenvalue weighted by Gasteiger charge is -2.39. The van der Waals surface area contributed by atoms with Crippen molar-refractivity contribution in [3.05, 3.63) is 54.4 Å². The Balaban J connectivity index is 1.30. The smallest absolute Gasteiger partial charge is 0.225 e. The maximum absolute atomic E-state index is 4.97. The van der Waals surface area contributed by atoms with E-state index in [0.29, 0.717) is 6.04 Å². The Morgan fingerprint density at radius 1 is 0.897 bits per heavy atom. The average Bonchev–Trinajstić information content (AvgIpc) is 3.02. The van der Waals surface area contributed by atoms with Gasteiger partial charge in [0.15, 0.2) is 0 Å². The van der Waals surface area contributed by atoms with Crippen molar-refractivity contribution in [3.8, 4) is 0 Å². The van der Waals surface area contributed by atoms with E-state index in [9.17, 15) is 0 Å². The number of likely N-dealkylation sites (tertiary alicyclic amines) is 1. The lowest BCUT2D eigenvalue weighted by molar-refractivity contribution is 0.151. The molecule has 0 spiro atoms. The van der Waals surface area contributed by atoms with E-state index in [-0.39, 0.29) is 0 Å². The number of nitrogens with one attached hydrogen (secondary N) is 1. The summed E-state index contributed by atoms with van der Waals surface area (Å²) in [5.41, 5.74) is 2.14. The van der Waals surface area contributed by atoms with Crippen molar-refractivity contribution in [2.75, 3.05) is 36.4 Å². The van der Waals surface area contributed by atoms with Crippen LogP contribution in [0, 0.1) is 0 Å². The zero-order valence-electron chi connectivity index (χ0n) is 16.8. The molecule has 2 aliphatic rings. The van der Waals surface area contributed by atoms with Gasteiger partial charge in [-0.2, -0.15) is 4.98 Å². The van der Waals surface area contributed by atoms with E-state index in [0.717, 1.165) is 61.1 Å². The lowest BCUT2D eigenvalue weighted by Crippen LogP contribution is -2.54. The van der Waals surface area contributed by atoms with E-state index < -0.39 is 0 Å². The van der Waals surface area contributed by atoms with Crippen LogP contribution < -0.4 is 10.2 Å². The lowest BCUT2D eigenvalue weighted by atomic mass is 10.1. The van der Waals surface area contributed by atoms with Gasteiger partial charge in [-0.1, -0.05) is 31.0 Å². The Bertz CT molecular complexity index is 946. The third kappa shape index (κ3) is 4.17. The van der Waals surface area contributed by atoms with Gasteiger partial charge in [0.25, 0.3) is 0 Å². The van der Waals surface area contributed by atoms with Crippen molar-refractivity contribution >= 4 is 22.7 Å². The van der Waals surface area contributed by atoms with Crippen LogP contribution in [0.25, 0.3) is 10.9 Å². The molecule has 2 saturated heterocycles. The summed E-state index contributed by atoms with van der Waals surface area (Å²) < 4.78 is 0. The van der Waals surface area contributed by atoms with Gasteiger partial charge in [-0.3, -0.25) is 9.88 Å². The number of hydrogen-bond donors (Lipinski definition) is 1. The first-order valence-electron chi connectivity index (χ1n) is 10.8. The fraction of sp³-hybridized carbons (Fsp3) is 0.435. The maximum Gasteiger partial charge on any atom is 0.225 e. The molecule has 2 fully saturated rings. The molecule has 3 aromatic rings. The molecule has 6 heteroatoms. The summed E-state index contributed by atoms with van der Waals surface area (Å²) in [6.07, 6.45) is 6.98. The largest absolute Gasteiger partial charge is 0.356 e. The van der Waals surface area contributed by atoms with Crippen molar-refractivity contribution in [3.63, 3.8) is 0 Å². The molecule has 0 bridgehead atoms. The molecule has 2 aromatic heterocycles. The Morgan fingerprint density at radius 3 is 2.48 bits per heavy atom. The summed E-state index contributed by atoms with van der Waals surface area (Å²) in [5.74, 6) is 1.84. The topological polar surface area (TPSA) is 57.2 Å². The molecule has 2 aliphatic heterocycles. The number of fused-ring (bicyclic) bond motifs is 1. The number of nitrogens with zero attached hydrogens (tertiary/aromatic N) is 5. The van der Waals surface area contributed by atoms with E-state index in [2.05, 4.69) is 50.4 Å². The highest BCUT2D eigenvalue weighted by Gasteiger charge is 2.28. The minimum absolute atomic E-state index is 0.386. The summed E-state index contributed by atoms with van der Waals surface area (Å²) in [5, 5.41) is 4.73. The first-order valence-corrected chi connectivity index (χ1v) is 10.8. The van der Waals surface area contributed by atoms with Gasteiger partial charge < -0.3 is 10.2 Å². The van der Waals surface area contributed by atoms with Gasteiger partial charge in [-0.05, 0) is 37.1 Å². The molecule has 4 heterocycles. The Hall–Kier alpha value is -2.73. The van der Waals surface area contributed by atoms with E-state index in [1.165, 1.54) is 25.7 Å². The predicted octanol–water partition coefficient (Wildman–Crippen LogP) is 3.70. The van der Waals surface area contributed by atoms with Crippen LogP contribution >= 0.6 is 0 Å². The molecule has 0 atom stereocenters. The molecular weight excluding hydrogens is 360 g/mol. The summed E-state index contributed by atoms with van der Waals surface area (Å²) in [4.78, 5) is 19.1. The molecule has 1 aromatic carbocycles. The first kappa shape index (κ1) is 18.3. The molecular formula is C23H28N6. The molecule has 29 heavy (non-hydrogen) atoms. The fourth-order valence-corrected chi connectivity index (χ4v) is 4.34. The normalized spacial score (nSPS) is 18.4. The average molecular weight is 389 g/mol. The Labute approximate surface area is 172 Å². The van der Waals surface area contributed by atoms with E-state index in [4.69, 9.17) is 9.97 Å². The van der Waals surface area contributed by atoms with Crippen LogP contribution in [-0.4, -0.2) is 52.1 Å². The van der Waals surface area contributed by atoms with E-state index in [1.807, 2.05) is 18.3 Å². The fourth-order valence-electron chi connectivity index (χ4n) is 4.34. The minimum atomic E-state index is 0.386. The van der Waals surface area contributed by atoms with Crippen LogP contribution in [0.1, 0.15) is 31.4 Å². The van der Waals surface area contributed by atoms with Gasteiger partial charge >= 0.3 is 0 Å². The molecule has 0 amide bonds. The number of rotatable bonds is 5. The Morgan fingerprint density at radius 2 is 1.69 bits per heavy atom. The second-order valence-electron chi connectivity index (χ2n) is 8.15. The van der Waals surface area contributed by atoms with Crippen LogP contribution in [0.15, 0.2) is 48.7 Å². The van der Waals surface area contributed by atoms with Gasteiger partial charge in [-0.25, -0.2) is 4.98 Å². The van der Waals surface area contributed by atoms with Crippen molar-refractivity contribution in [2.24, 2.45) is 0 Å². The summed E-state index contributed by atoms with van der Waals surface area (Å²) in [6.45, 7) is 5.05. The number of aromatic nitrogens is 3. The SMILES string of the molecule is c1ccc(CN2CC(Nc3nc(N4CCCCCC4)c4ccccc4n3)C2)nc1. The van der Waals surface area contributed by atoms with Gasteiger partial charge in [-0.15, -0.1) is 0 Å². The number of benzene rings is 1. The van der Waals surface area contributed by atoms with Crippen molar-refractivity contribution in [1.29, 1.82) is 0 Å². The van der Waals surface area contributed by atoms with Crippen LogP contribution in [0.5, 0.6) is 0 Å². The zero-order valence-corrected chi connectivity index (χ0v) is 16.8. The third-order valence-corrected chi connectivity index (χ3v) is 5.89. The van der Waals surface area contributed by atoms with Crippen LogP contribution in [0.2, 0.25) is 0 Å². The Kier molecular flexibility index (Phi) is 5.26. The molecule has 0 saturated carbocycles. The summed E-state index contributed by atoms with van der Waals surface area (Å²) in [7, 11) is 0. The second kappa shape index (κ2) is 8.33. The van der Waals surface area contributed by atoms with Gasteiger partial charge in [0.1, 0.15) is 5.82 Å². The maximum atomic E-state index is 4.97. The molecule has 0 radical (unpaired) electrons. The highest BCUT2D eigenvalue weighted by atomic mass is 15.3. The van der Waals surface area contributed by atoms with Gasteiger partial charge in [0.2, 0.25) is 5.95 Å². The number of para-hydroxylation sites is 1. The number of pyridine rings is 1. The van der Waals surface area contributed by atoms with Crippen LogP contribution in [-0.2, 0) is 6.54 Å². The van der Waals surface area contributed by atoms with E-state index >= 15 is 0 Å². The van der Waals surface area contributed by atoms with Crippen molar-refractivity contribution < 1.29 is 0 Å². The second-order valence-corrected chi connectivity index (χ2v) is 8.15. The zero-order chi connectivity index (χ0) is 19.5. The molecule has 1 N–H and O–H groups in total. The monoisotopic (exact) mass is 388 g/mol. The minimum Gasteiger partial charge on any atom is -0.356 e. The number of anilines is 2. The molecule has 150 valence electrons. The van der Waals surface area contributed by atoms with Crippen molar-refractivity contribution in [1.82, 2.24) is 19.9 Å². The standard InChI is InChI=1S/C23H28N6/c1-2-8-14-29(13-7-1)22-20-10-3-4-11-21(20)26-23(27-22)25-19-16-28(17-19)15-18-9-5-6-12-24-18/h3-6,9-12,19H,1-2,7-8,13-17H2,(H,25,26,27). The third-order valence-electron chi connectivity index (χ3n) is 5.89. The summed E-state index contributed by atoms with van der Waals surface area (Å²) >= 11 is 0. The molecule has 0 unspecified atom stereocenters. The molecule has 0 aliphatic carbocycles. The highest BCUT2D eigenvalue weighted by molar-refractivity contribution is 5.90. The molecule has 6 nitrogen and oxygen atoms in total. The number of hydrogen-bond acceptors (Lipinski definition) is 6. The van der Waals surface area contributed by atoms with Gasteiger partial charge in [0, 0.05) is 44.3 Å². The van der Waals surface area contributed by atoms with Crippen LogP contribution in [0.4, 0.5) is 11.8 Å². The van der Waals surface area contributed by atoms with Crippen LogP contribution in [0.3, 0.4) is 0 Å². The predicted molar refractivity (Wildman–Crippen MR) is 117 cm³/mol. The molecule has 5 rings (SSSR count). The highest BCUT2D eigenvalue weighted by Crippen LogP contribution is 2.28.